The lowest BCUT2D eigenvalue weighted by molar-refractivity contribution is -0.123. The molecule has 2 aliphatic heterocycles. The van der Waals surface area contributed by atoms with E-state index in [1.165, 1.54) is 0 Å². The molecular weight excluding hydrogens is 218 g/mol. The zero-order chi connectivity index (χ0) is 11.8. The van der Waals surface area contributed by atoms with Crippen LogP contribution in [-0.4, -0.2) is 37.2 Å². The summed E-state index contributed by atoms with van der Waals surface area (Å²) in [6.45, 7) is 3.89. The lowest BCUT2D eigenvalue weighted by atomic mass is 10.1. The molecule has 2 aliphatic rings. The minimum atomic E-state index is -1.01. The normalized spacial score (nSPS) is 23.5. The van der Waals surface area contributed by atoms with Crippen LogP contribution < -0.4 is 15.5 Å². The zero-order valence-electron chi connectivity index (χ0n) is 9.44. The molecule has 90 valence electrons. The van der Waals surface area contributed by atoms with E-state index in [9.17, 15) is 9.90 Å². The minimum Gasteiger partial charge on any atom is -0.378 e. The fourth-order valence-electron chi connectivity index (χ4n) is 2.35. The summed E-state index contributed by atoms with van der Waals surface area (Å²) in [7, 11) is 0. The molecule has 2 heterocycles. The molecule has 0 spiro atoms. The monoisotopic (exact) mass is 233 g/mol. The highest BCUT2D eigenvalue weighted by atomic mass is 16.3. The zero-order valence-corrected chi connectivity index (χ0v) is 9.44. The summed E-state index contributed by atoms with van der Waals surface area (Å²) in [6, 6.07) is 5.73. The third-order valence-corrected chi connectivity index (χ3v) is 3.32. The van der Waals surface area contributed by atoms with E-state index in [1.54, 1.807) is 0 Å². The Morgan fingerprint density at radius 1 is 1.29 bits per heavy atom. The first-order valence-electron chi connectivity index (χ1n) is 5.84. The summed E-state index contributed by atoms with van der Waals surface area (Å²) >= 11 is 0. The third kappa shape index (κ3) is 1.77. The van der Waals surface area contributed by atoms with Gasteiger partial charge in [-0.3, -0.25) is 4.79 Å². The fraction of sp³-hybridized carbons (Fsp3) is 0.417. The maximum absolute atomic E-state index is 11.3. The number of piperazine rings is 1. The molecule has 5 heteroatoms. The number of hydrogen-bond acceptors (Lipinski definition) is 4. The molecule has 1 amide bonds. The highest BCUT2D eigenvalue weighted by Crippen LogP contribution is 2.33. The van der Waals surface area contributed by atoms with Gasteiger partial charge in [0.15, 0.2) is 6.10 Å². The molecule has 0 saturated carbocycles. The Kier molecular flexibility index (Phi) is 2.49. The first-order valence-corrected chi connectivity index (χ1v) is 5.84. The average Bonchev–Trinajstić information content (AvgIpc) is 2.66. The van der Waals surface area contributed by atoms with Crippen LogP contribution in [0.2, 0.25) is 0 Å². The van der Waals surface area contributed by atoms with E-state index >= 15 is 0 Å². The Bertz CT molecular complexity index is 455. The highest BCUT2D eigenvalue weighted by molar-refractivity contribution is 6.02. The fourth-order valence-corrected chi connectivity index (χ4v) is 2.35. The van der Waals surface area contributed by atoms with Crippen molar-refractivity contribution in [3.8, 4) is 0 Å². The van der Waals surface area contributed by atoms with Crippen LogP contribution in [0.1, 0.15) is 11.7 Å². The van der Waals surface area contributed by atoms with Crippen molar-refractivity contribution in [1.82, 2.24) is 5.32 Å². The van der Waals surface area contributed by atoms with Crippen molar-refractivity contribution in [2.24, 2.45) is 0 Å². The number of carbonyl (C=O) groups excluding carboxylic acids is 1. The van der Waals surface area contributed by atoms with Crippen molar-refractivity contribution in [3.05, 3.63) is 23.8 Å². The van der Waals surface area contributed by atoms with Crippen molar-refractivity contribution < 1.29 is 9.90 Å². The van der Waals surface area contributed by atoms with Gasteiger partial charge in [0.2, 0.25) is 0 Å². The second-order valence-electron chi connectivity index (χ2n) is 4.40. The first-order chi connectivity index (χ1) is 8.25. The topological polar surface area (TPSA) is 64.6 Å². The molecule has 3 rings (SSSR count). The molecule has 17 heavy (non-hydrogen) atoms. The number of rotatable bonds is 1. The second kappa shape index (κ2) is 4.01. The first kappa shape index (κ1) is 10.6. The summed E-state index contributed by atoms with van der Waals surface area (Å²) in [5.41, 5.74) is 2.51. The van der Waals surface area contributed by atoms with Crippen molar-refractivity contribution in [3.63, 3.8) is 0 Å². The van der Waals surface area contributed by atoms with Gasteiger partial charge in [-0.25, -0.2) is 0 Å². The number of nitrogens with zero attached hydrogens (tertiary/aromatic N) is 1. The average molecular weight is 233 g/mol. The number of nitrogens with one attached hydrogen (secondary N) is 2. The van der Waals surface area contributed by atoms with E-state index in [0.29, 0.717) is 5.56 Å². The van der Waals surface area contributed by atoms with Crippen LogP contribution in [0.15, 0.2) is 18.2 Å². The van der Waals surface area contributed by atoms with Crippen LogP contribution in [0.5, 0.6) is 0 Å². The number of benzene rings is 1. The van der Waals surface area contributed by atoms with Crippen LogP contribution >= 0.6 is 0 Å². The van der Waals surface area contributed by atoms with Crippen molar-refractivity contribution in [2.45, 2.75) is 6.10 Å². The number of carbonyl (C=O) groups is 1. The molecule has 5 nitrogen and oxygen atoms in total. The molecule has 1 fully saturated rings. The van der Waals surface area contributed by atoms with Gasteiger partial charge in [0.25, 0.3) is 5.91 Å². The van der Waals surface area contributed by atoms with Gasteiger partial charge in [0, 0.05) is 43.1 Å². The van der Waals surface area contributed by atoms with Crippen molar-refractivity contribution in [2.75, 3.05) is 36.4 Å². The van der Waals surface area contributed by atoms with Crippen molar-refractivity contribution in [1.29, 1.82) is 0 Å². The predicted octanol–water partition coefficient (Wildman–Crippen LogP) is 0.0817. The molecule has 0 bridgehead atoms. The van der Waals surface area contributed by atoms with Gasteiger partial charge in [0.1, 0.15) is 0 Å². The minimum absolute atomic E-state index is 0.336. The number of hydrogen-bond donors (Lipinski definition) is 3. The van der Waals surface area contributed by atoms with Crippen LogP contribution in [0.25, 0.3) is 0 Å². The maximum atomic E-state index is 11.3. The maximum Gasteiger partial charge on any atom is 0.257 e. The van der Waals surface area contributed by atoms with E-state index in [2.05, 4.69) is 15.5 Å². The number of aliphatic hydroxyl groups is 1. The van der Waals surface area contributed by atoms with E-state index in [4.69, 9.17) is 0 Å². The summed E-state index contributed by atoms with van der Waals surface area (Å²) in [6.07, 6.45) is -1.01. The van der Waals surface area contributed by atoms with Gasteiger partial charge in [-0.1, -0.05) is 6.07 Å². The van der Waals surface area contributed by atoms with Crippen LogP contribution in [0.3, 0.4) is 0 Å². The van der Waals surface area contributed by atoms with Gasteiger partial charge in [-0.05, 0) is 12.1 Å². The summed E-state index contributed by atoms with van der Waals surface area (Å²) in [4.78, 5) is 13.6. The SMILES string of the molecule is O=C1Nc2cc(N3CCNCC3)ccc2C1O. The van der Waals surface area contributed by atoms with Crippen molar-refractivity contribution >= 4 is 17.3 Å². The van der Waals surface area contributed by atoms with E-state index < -0.39 is 6.10 Å². The number of aliphatic hydroxyl groups excluding tert-OH is 1. The molecule has 1 saturated heterocycles. The molecule has 1 aromatic rings. The number of anilines is 2. The second-order valence-corrected chi connectivity index (χ2v) is 4.40. The summed E-state index contributed by atoms with van der Waals surface area (Å²) < 4.78 is 0. The molecular formula is C12H15N3O2. The smallest absolute Gasteiger partial charge is 0.257 e. The molecule has 1 aromatic carbocycles. The quantitative estimate of drug-likeness (QED) is 0.643. The highest BCUT2D eigenvalue weighted by Gasteiger charge is 2.28. The van der Waals surface area contributed by atoms with Gasteiger partial charge < -0.3 is 20.6 Å². The van der Waals surface area contributed by atoms with Crippen LogP contribution in [0.4, 0.5) is 11.4 Å². The van der Waals surface area contributed by atoms with Gasteiger partial charge in [-0.2, -0.15) is 0 Å². The largest absolute Gasteiger partial charge is 0.378 e. The lowest BCUT2D eigenvalue weighted by Crippen LogP contribution is -2.43. The molecule has 3 N–H and O–H groups in total. The Morgan fingerprint density at radius 3 is 2.82 bits per heavy atom. The molecule has 0 aliphatic carbocycles. The Balaban J connectivity index is 1.89. The van der Waals surface area contributed by atoms with Crippen LogP contribution in [0, 0.1) is 0 Å². The Hall–Kier alpha value is -1.59. The van der Waals surface area contributed by atoms with Crippen LogP contribution in [-0.2, 0) is 4.79 Å². The molecule has 0 aromatic heterocycles. The number of amides is 1. The Labute approximate surface area is 99.4 Å². The third-order valence-electron chi connectivity index (χ3n) is 3.32. The van der Waals surface area contributed by atoms with Gasteiger partial charge in [-0.15, -0.1) is 0 Å². The van der Waals surface area contributed by atoms with Gasteiger partial charge in [0.05, 0.1) is 0 Å². The number of fused-ring (bicyclic) bond motifs is 1. The Morgan fingerprint density at radius 2 is 2.06 bits per heavy atom. The van der Waals surface area contributed by atoms with E-state index in [1.807, 2.05) is 18.2 Å². The lowest BCUT2D eigenvalue weighted by Gasteiger charge is -2.29. The molecule has 1 atom stereocenters. The summed E-state index contributed by atoms with van der Waals surface area (Å²) in [5, 5.41) is 15.6. The van der Waals surface area contributed by atoms with Gasteiger partial charge >= 0.3 is 0 Å². The predicted molar refractivity (Wildman–Crippen MR) is 65.1 cm³/mol. The van der Waals surface area contributed by atoms with E-state index in [-0.39, 0.29) is 5.91 Å². The van der Waals surface area contributed by atoms with E-state index in [0.717, 1.165) is 37.6 Å². The molecule has 1 unspecified atom stereocenters. The molecule has 0 radical (unpaired) electrons. The summed E-state index contributed by atoms with van der Waals surface area (Å²) in [5.74, 6) is -0.336. The standard InChI is InChI=1S/C12H15N3O2/c16-11-9-2-1-8(7-10(9)14-12(11)17)15-5-3-13-4-6-15/h1-2,7,11,13,16H,3-6H2,(H,14,17).